The second-order valence-electron chi connectivity index (χ2n) is 5.69. The molecule has 27 heavy (non-hydrogen) atoms. The highest BCUT2D eigenvalue weighted by molar-refractivity contribution is 5.96. The normalized spacial score (nSPS) is 10.2. The van der Waals surface area contributed by atoms with Crippen molar-refractivity contribution in [1.82, 2.24) is 10.2 Å². The van der Waals surface area contributed by atoms with Crippen LogP contribution in [0.1, 0.15) is 15.9 Å². The Bertz CT molecular complexity index is 842. The van der Waals surface area contributed by atoms with Crippen molar-refractivity contribution in [2.45, 2.75) is 6.54 Å². The van der Waals surface area contributed by atoms with Crippen LogP contribution in [0, 0.1) is 11.6 Å². The van der Waals surface area contributed by atoms with Crippen LogP contribution in [0.2, 0.25) is 0 Å². The van der Waals surface area contributed by atoms with Gasteiger partial charge in [0.2, 0.25) is 0 Å². The van der Waals surface area contributed by atoms with Crippen molar-refractivity contribution in [1.29, 1.82) is 0 Å². The summed E-state index contributed by atoms with van der Waals surface area (Å²) in [6.45, 7) is -0.987. The average Bonchev–Trinajstić information content (AvgIpc) is 2.65. The minimum atomic E-state index is -0.826. The molecular formula is C19H18F2N2O4. The van der Waals surface area contributed by atoms with E-state index >= 15 is 0 Å². The summed E-state index contributed by atoms with van der Waals surface area (Å²) >= 11 is 0. The first-order chi connectivity index (χ1) is 12.9. The van der Waals surface area contributed by atoms with E-state index in [-0.39, 0.29) is 12.1 Å². The van der Waals surface area contributed by atoms with Gasteiger partial charge in [-0.1, -0.05) is 24.3 Å². The molecule has 2 aromatic carbocycles. The number of benzene rings is 2. The van der Waals surface area contributed by atoms with Gasteiger partial charge in [0.15, 0.2) is 6.61 Å². The van der Waals surface area contributed by atoms with E-state index in [4.69, 9.17) is 4.74 Å². The summed E-state index contributed by atoms with van der Waals surface area (Å²) in [6.07, 6.45) is 0. The lowest BCUT2D eigenvalue weighted by Gasteiger charge is -2.17. The lowest BCUT2D eigenvalue weighted by atomic mass is 10.2. The van der Waals surface area contributed by atoms with Gasteiger partial charge in [-0.2, -0.15) is 0 Å². The minimum Gasteiger partial charge on any atom is -0.454 e. The molecule has 1 N–H and O–H groups in total. The third kappa shape index (κ3) is 6.18. The van der Waals surface area contributed by atoms with E-state index in [1.54, 1.807) is 18.2 Å². The van der Waals surface area contributed by atoms with E-state index in [0.29, 0.717) is 5.56 Å². The molecule has 0 heterocycles. The summed E-state index contributed by atoms with van der Waals surface area (Å²) in [7, 11) is 1.45. The second kappa shape index (κ2) is 9.42. The second-order valence-corrected chi connectivity index (χ2v) is 5.69. The first-order valence-electron chi connectivity index (χ1n) is 8.03. The van der Waals surface area contributed by atoms with Gasteiger partial charge in [0.25, 0.3) is 11.8 Å². The van der Waals surface area contributed by atoms with Gasteiger partial charge in [0, 0.05) is 24.7 Å². The molecule has 2 amide bonds. The lowest BCUT2D eigenvalue weighted by molar-refractivity contribution is -0.150. The number of ether oxygens (including phenoxy) is 1. The van der Waals surface area contributed by atoms with Gasteiger partial charge in [0.05, 0.1) is 0 Å². The van der Waals surface area contributed by atoms with Gasteiger partial charge in [-0.15, -0.1) is 0 Å². The van der Waals surface area contributed by atoms with Gasteiger partial charge in [-0.25, -0.2) is 8.78 Å². The molecule has 0 spiro atoms. The molecule has 142 valence electrons. The highest BCUT2D eigenvalue weighted by Gasteiger charge is 2.15. The lowest BCUT2D eigenvalue weighted by Crippen LogP contribution is -2.34. The number of carbonyl (C=O) groups is 3. The van der Waals surface area contributed by atoms with Crippen LogP contribution in [0.15, 0.2) is 48.5 Å². The fourth-order valence-corrected chi connectivity index (χ4v) is 2.16. The van der Waals surface area contributed by atoms with Crippen LogP contribution in [0.5, 0.6) is 0 Å². The zero-order chi connectivity index (χ0) is 19.8. The number of carbonyl (C=O) groups excluding carboxylic acids is 3. The number of rotatable bonds is 7. The SMILES string of the molecule is CN(Cc1ccccc1F)C(=O)COC(=O)CNC(=O)c1cccc(F)c1. The number of esters is 1. The third-order valence-electron chi connectivity index (χ3n) is 3.63. The first-order valence-corrected chi connectivity index (χ1v) is 8.03. The monoisotopic (exact) mass is 376 g/mol. The predicted molar refractivity (Wildman–Crippen MR) is 92.6 cm³/mol. The molecule has 6 nitrogen and oxygen atoms in total. The van der Waals surface area contributed by atoms with Crippen molar-refractivity contribution in [3.8, 4) is 0 Å². The maximum absolute atomic E-state index is 13.6. The summed E-state index contributed by atoms with van der Waals surface area (Å²) in [4.78, 5) is 36.6. The maximum atomic E-state index is 13.6. The van der Waals surface area contributed by atoms with E-state index in [9.17, 15) is 23.2 Å². The maximum Gasteiger partial charge on any atom is 0.325 e. The van der Waals surface area contributed by atoms with Crippen molar-refractivity contribution in [2.75, 3.05) is 20.2 Å². The predicted octanol–water partition coefficient (Wildman–Crippen LogP) is 1.90. The molecule has 0 fully saturated rings. The fourth-order valence-electron chi connectivity index (χ4n) is 2.16. The van der Waals surface area contributed by atoms with Crippen molar-refractivity contribution in [3.05, 3.63) is 71.3 Å². The van der Waals surface area contributed by atoms with Gasteiger partial charge >= 0.3 is 5.97 Å². The highest BCUT2D eigenvalue weighted by atomic mass is 19.1. The van der Waals surface area contributed by atoms with E-state index in [1.165, 1.54) is 36.2 Å². The average molecular weight is 376 g/mol. The summed E-state index contributed by atoms with van der Waals surface area (Å²) < 4.78 is 31.4. The van der Waals surface area contributed by atoms with E-state index in [1.807, 2.05) is 0 Å². The molecule has 0 aliphatic heterocycles. The molecule has 0 atom stereocenters. The van der Waals surface area contributed by atoms with E-state index in [0.717, 1.165) is 6.07 Å². The zero-order valence-corrected chi connectivity index (χ0v) is 14.6. The smallest absolute Gasteiger partial charge is 0.325 e. The fraction of sp³-hybridized carbons (Fsp3) is 0.211. The van der Waals surface area contributed by atoms with Gasteiger partial charge in [-0.3, -0.25) is 14.4 Å². The van der Waals surface area contributed by atoms with Crippen molar-refractivity contribution in [3.63, 3.8) is 0 Å². The van der Waals surface area contributed by atoms with Crippen LogP contribution in [0.4, 0.5) is 8.78 Å². The molecule has 0 saturated heterocycles. The van der Waals surface area contributed by atoms with Gasteiger partial charge < -0.3 is 15.0 Å². The number of halogens is 2. The highest BCUT2D eigenvalue weighted by Crippen LogP contribution is 2.09. The number of hydrogen-bond donors (Lipinski definition) is 1. The van der Waals surface area contributed by atoms with E-state index in [2.05, 4.69) is 5.32 Å². The molecule has 8 heteroatoms. The quantitative estimate of drug-likeness (QED) is 0.749. The van der Waals surface area contributed by atoms with Gasteiger partial charge in [0.1, 0.15) is 18.2 Å². The third-order valence-corrected chi connectivity index (χ3v) is 3.63. The van der Waals surface area contributed by atoms with Crippen LogP contribution >= 0.6 is 0 Å². The van der Waals surface area contributed by atoms with Crippen LogP contribution < -0.4 is 5.32 Å². The van der Waals surface area contributed by atoms with Crippen molar-refractivity contribution < 1.29 is 27.9 Å². The van der Waals surface area contributed by atoms with Gasteiger partial charge in [-0.05, 0) is 24.3 Å². The summed E-state index contributed by atoms with van der Waals surface area (Å²) in [5, 5.41) is 2.27. The summed E-state index contributed by atoms with van der Waals surface area (Å²) in [5.74, 6) is -3.01. The Kier molecular flexibility index (Phi) is 6.99. The van der Waals surface area contributed by atoms with E-state index < -0.39 is 42.6 Å². The molecule has 0 radical (unpaired) electrons. The molecule has 2 aromatic rings. The Balaban J connectivity index is 1.75. The number of nitrogens with one attached hydrogen (secondary N) is 1. The van der Waals surface area contributed by atoms with Crippen LogP contribution in [0.3, 0.4) is 0 Å². The minimum absolute atomic E-state index is 0.0271. The molecular weight excluding hydrogens is 358 g/mol. The molecule has 0 aliphatic carbocycles. The molecule has 0 saturated carbocycles. The Labute approximate surface area is 154 Å². The number of nitrogens with zero attached hydrogens (tertiary/aromatic N) is 1. The summed E-state index contributed by atoms with van der Waals surface area (Å²) in [6, 6.07) is 11.0. The number of hydrogen-bond acceptors (Lipinski definition) is 4. The molecule has 2 rings (SSSR count). The zero-order valence-electron chi connectivity index (χ0n) is 14.6. The van der Waals surface area contributed by atoms with Crippen molar-refractivity contribution in [2.24, 2.45) is 0 Å². The Morgan fingerprint density at radius 2 is 1.81 bits per heavy atom. The first kappa shape index (κ1) is 20.0. The molecule has 0 aliphatic rings. The standard InChI is InChI=1S/C19H18F2N2O4/c1-23(11-14-5-2-3-8-16(14)21)17(24)12-27-18(25)10-22-19(26)13-6-4-7-15(20)9-13/h2-9H,10-12H2,1H3,(H,22,26). The molecule has 0 unspecified atom stereocenters. The Morgan fingerprint density at radius 3 is 2.52 bits per heavy atom. The summed E-state index contributed by atoms with van der Waals surface area (Å²) in [5.41, 5.74) is 0.394. The number of amides is 2. The Morgan fingerprint density at radius 1 is 1.07 bits per heavy atom. The molecule has 0 aromatic heterocycles. The van der Waals surface area contributed by atoms with Crippen molar-refractivity contribution >= 4 is 17.8 Å². The largest absolute Gasteiger partial charge is 0.454 e. The van der Waals surface area contributed by atoms with Crippen LogP contribution in [0.25, 0.3) is 0 Å². The molecule has 0 bridgehead atoms. The van der Waals surface area contributed by atoms with Crippen LogP contribution in [-0.4, -0.2) is 42.9 Å². The number of likely N-dealkylation sites (N-methyl/N-ethyl adjacent to an activating group) is 1. The van der Waals surface area contributed by atoms with Crippen LogP contribution in [-0.2, 0) is 20.9 Å². The topological polar surface area (TPSA) is 75.7 Å². The Hall–Kier alpha value is -3.29.